The molecule has 1 aromatic heterocycles. The molecule has 2 aliphatic heterocycles. The Hall–Kier alpha value is -5.34. The summed E-state index contributed by atoms with van der Waals surface area (Å²) >= 11 is 12.2. The van der Waals surface area contributed by atoms with E-state index in [1.807, 2.05) is 55.6 Å². The number of hydrogen-bond acceptors (Lipinski definition) is 6. The lowest BCUT2D eigenvalue weighted by Gasteiger charge is -2.41. The predicted octanol–water partition coefficient (Wildman–Crippen LogP) is 11.0. The number of halogens is 2. The van der Waals surface area contributed by atoms with Crippen LogP contribution in [0.25, 0.3) is 11.1 Å². The lowest BCUT2D eigenvalue weighted by Crippen LogP contribution is -2.51. The largest absolute Gasteiger partial charge is 0.489 e. The summed E-state index contributed by atoms with van der Waals surface area (Å²) < 4.78 is 18.9. The van der Waals surface area contributed by atoms with Crippen LogP contribution in [0.1, 0.15) is 70.1 Å². The van der Waals surface area contributed by atoms with Crippen LogP contribution in [-0.2, 0) is 30.8 Å². The van der Waals surface area contributed by atoms with Crippen LogP contribution in [0.4, 0.5) is 0 Å². The second-order valence-corrected chi connectivity index (χ2v) is 15.9. The average Bonchev–Trinajstić information content (AvgIpc) is 3.25. The van der Waals surface area contributed by atoms with Gasteiger partial charge >= 0.3 is 0 Å². The molecule has 3 heterocycles. The zero-order valence-corrected chi connectivity index (χ0v) is 34.5. The van der Waals surface area contributed by atoms with E-state index in [9.17, 15) is 4.79 Å². The summed E-state index contributed by atoms with van der Waals surface area (Å²) in [7, 11) is 0. The molecule has 58 heavy (non-hydrogen) atoms. The number of aryl methyl sites for hydroxylation is 1. The van der Waals surface area contributed by atoms with Crippen LogP contribution in [0, 0.1) is 13.8 Å². The van der Waals surface area contributed by atoms with Gasteiger partial charge in [0, 0.05) is 31.0 Å². The van der Waals surface area contributed by atoms with Crippen molar-refractivity contribution in [3.63, 3.8) is 0 Å². The average molecular weight is 813 g/mol. The number of amides is 1. The van der Waals surface area contributed by atoms with Crippen molar-refractivity contribution in [3.8, 4) is 28.4 Å². The smallest absolute Gasteiger partial charge is 0.237 e. The molecule has 0 saturated carbocycles. The van der Waals surface area contributed by atoms with E-state index in [4.69, 9.17) is 37.4 Å². The van der Waals surface area contributed by atoms with Gasteiger partial charge in [-0.3, -0.25) is 14.7 Å². The number of aromatic nitrogens is 1. The summed E-state index contributed by atoms with van der Waals surface area (Å²) in [6, 6.07) is 38.5. The second kappa shape index (κ2) is 17.7. The first kappa shape index (κ1) is 39.5. The molecule has 1 amide bonds. The number of nitrogens with one attached hydrogen (secondary N) is 1. The van der Waals surface area contributed by atoms with Crippen molar-refractivity contribution in [3.05, 3.63) is 176 Å². The fourth-order valence-corrected chi connectivity index (χ4v) is 8.39. The van der Waals surface area contributed by atoms with Gasteiger partial charge in [-0.05, 0) is 126 Å². The molecule has 9 heteroatoms. The molecule has 0 radical (unpaired) electrons. The maximum absolute atomic E-state index is 14.2. The Morgan fingerprint density at radius 3 is 2.40 bits per heavy atom. The summed E-state index contributed by atoms with van der Waals surface area (Å²) in [4.78, 5) is 21.0. The quantitative estimate of drug-likeness (QED) is 0.133. The Labute approximate surface area is 350 Å². The highest BCUT2D eigenvalue weighted by Gasteiger charge is 2.37. The van der Waals surface area contributed by atoms with Gasteiger partial charge in [-0.1, -0.05) is 103 Å². The molecule has 7 nitrogen and oxygen atoms in total. The molecular weight excluding hydrogens is 765 g/mol. The minimum atomic E-state index is -0.342. The molecule has 296 valence electrons. The van der Waals surface area contributed by atoms with Gasteiger partial charge in [0.15, 0.2) is 17.6 Å². The first-order valence-electron chi connectivity index (χ1n) is 20.0. The van der Waals surface area contributed by atoms with Crippen LogP contribution in [0.15, 0.2) is 121 Å². The van der Waals surface area contributed by atoms with Crippen molar-refractivity contribution in [2.24, 2.45) is 0 Å². The first-order valence-corrected chi connectivity index (χ1v) is 20.7. The van der Waals surface area contributed by atoms with Crippen LogP contribution in [-0.4, -0.2) is 35.0 Å². The number of pyridine rings is 1. The molecular formula is C49H47Cl2N3O4. The lowest BCUT2D eigenvalue weighted by molar-refractivity contribution is -0.128. The summed E-state index contributed by atoms with van der Waals surface area (Å²) in [6.45, 7) is 8.26. The number of fused-ring (bicyclic) bond motifs is 2. The SMILES string of the molecule is CCC(c1ccccc1)N1Cc2cc3c(cc2CC1C(=O)NCCc1ccc(-c2ccnc(C)c2C)cc1)OCC(c1ccc(OCc2ccc(Cl)c(Cl)c2)cc1)O3. The zero-order valence-electron chi connectivity index (χ0n) is 33.0. The van der Waals surface area contributed by atoms with Gasteiger partial charge < -0.3 is 19.5 Å². The van der Waals surface area contributed by atoms with Gasteiger partial charge in [0.2, 0.25) is 5.91 Å². The molecule has 0 spiro atoms. The Morgan fingerprint density at radius 2 is 1.64 bits per heavy atom. The lowest BCUT2D eigenvalue weighted by atomic mass is 9.89. The Bertz CT molecular complexity index is 2390. The van der Waals surface area contributed by atoms with Gasteiger partial charge in [-0.15, -0.1) is 0 Å². The predicted molar refractivity (Wildman–Crippen MR) is 231 cm³/mol. The van der Waals surface area contributed by atoms with E-state index in [1.54, 1.807) is 6.07 Å². The molecule has 0 bridgehead atoms. The van der Waals surface area contributed by atoms with Crippen LogP contribution in [0.5, 0.6) is 17.2 Å². The van der Waals surface area contributed by atoms with Crippen LogP contribution >= 0.6 is 23.2 Å². The van der Waals surface area contributed by atoms with Crippen LogP contribution < -0.4 is 19.5 Å². The number of rotatable bonds is 12. The van der Waals surface area contributed by atoms with E-state index in [0.717, 1.165) is 46.5 Å². The Balaban J connectivity index is 0.953. The third-order valence-electron chi connectivity index (χ3n) is 11.4. The summed E-state index contributed by atoms with van der Waals surface area (Å²) in [6.07, 6.45) is 3.77. The fraction of sp³-hybridized carbons (Fsp3) is 0.265. The highest BCUT2D eigenvalue weighted by atomic mass is 35.5. The molecule has 5 aromatic carbocycles. The number of hydrogen-bond donors (Lipinski definition) is 1. The minimum Gasteiger partial charge on any atom is -0.489 e. The Kier molecular flexibility index (Phi) is 12.0. The highest BCUT2D eigenvalue weighted by molar-refractivity contribution is 6.42. The molecule has 1 N–H and O–H groups in total. The zero-order chi connectivity index (χ0) is 40.2. The number of carbonyl (C=O) groups excluding carboxylic acids is 1. The van der Waals surface area contributed by atoms with E-state index < -0.39 is 0 Å². The monoisotopic (exact) mass is 811 g/mol. The van der Waals surface area contributed by atoms with E-state index in [2.05, 4.69) is 95.8 Å². The summed E-state index contributed by atoms with van der Waals surface area (Å²) in [5.74, 6) is 2.20. The van der Waals surface area contributed by atoms with Crippen molar-refractivity contribution in [2.75, 3.05) is 13.2 Å². The van der Waals surface area contributed by atoms with Crippen molar-refractivity contribution >= 4 is 29.1 Å². The topological polar surface area (TPSA) is 72.9 Å². The van der Waals surface area contributed by atoms with Gasteiger partial charge in [-0.2, -0.15) is 0 Å². The van der Waals surface area contributed by atoms with E-state index in [0.29, 0.717) is 54.3 Å². The molecule has 3 unspecified atom stereocenters. The highest BCUT2D eigenvalue weighted by Crippen LogP contribution is 2.42. The van der Waals surface area contributed by atoms with Crippen LogP contribution in [0.2, 0.25) is 10.0 Å². The molecule has 6 aromatic rings. The van der Waals surface area contributed by atoms with Gasteiger partial charge in [0.1, 0.15) is 19.0 Å². The van der Waals surface area contributed by atoms with Crippen molar-refractivity contribution < 1.29 is 19.0 Å². The van der Waals surface area contributed by atoms with Crippen molar-refractivity contribution in [1.82, 2.24) is 15.2 Å². The van der Waals surface area contributed by atoms with Crippen LogP contribution in [0.3, 0.4) is 0 Å². The molecule has 3 atom stereocenters. The fourth-order valence-electron chi connectivity index (χ4n) is 8.07. The van der Waals surface area contributed by atoms with E-state index in [-0.39, 0.29) is 24.1 Å². The molecule has 0 aliphatic carbocycles. The number of carbonyl (C=O) groups is 1. The number of ether oxygens (including phenoxy) is 3. The van der Waals surface area contributed by atoms with E-state index >= 15 is 0 Å². The molecule has 0 fully saturated rings. The molecule has 8 rings (SSSR count). The summed E-state index contributed by atoms with van der Waals surface area (Å²) in [5, 5.41) is 4.33. The minimum absolute atomic E-state index is 0.0406. The van der Waals surface area contributed by atoms with Gasteiger partial charge in [-0.25, -0.2) is 0 Å². The van der Waals surface area contributed by atoms with Gasteiger partial charge in [0.05, 0.1) is 16.1 Å². The van der Waals surface area contributed by atoms with Gasteiger partial charge in [0.25, 0.3) is 0 Å². The standard InChI is InChI=1S/C49H47Cl2N3O4/c1-4-44(36-8-6-5-7-9-36)54-28-39-27-47-46(57-30-48(58-47)37-15-17-40(18-16-37)56-29-34-12-19-42(50)43(51)24-34)26-38(39)25-45(54)49(55)53-22-20-33-10-13-35(14-11-33)41-21-23-52-32(3)31(41)2/h5-19,21,23-24,26-27,44-45,48H,4,20,22,25,28-30H2,1-3H3,(H,53,55). The van der Waals surface area contributed by atoms with Crippen molar-refractivity contribution in [2.45, 2.75) is 71.4 Å². The third kappa shape index (κ3) is 8.73. The normalized spacial score (nSPS) is 16.6. The maximum Gasteiger partial charge on any atom is 0.237 e. The number of benzene rings is 5. The third-order valence-corrected chi connectivity index (χ3v) is 12.2. The Morgan fingerprint density at radius 1 is 0.879 bits per heavy atom. The molecule has 0 saturated heterocycles. The first-order chi connectivity index (χ1) is 28.2. The van der Waals surface area contributed by atoms with Crippen molar-refractivity contribution in [1.29, 1.82) is 0 Å². The van der Waals surface area contributed by atoms with E-state index in [1.165, 1.54) is 27.8 Å². The maximum atomic E-state index is 14.2. The molecule has 2 aliphatic rings. The summed E-state index contributed by atoms with van der Waals surface area (Å²) in [5.41, 5.74) is 11.2. The second-order valence-electron chi connectivity index (χ2n) is 15.1. The number of nitrogens with zero attached hydrogens (tertiary/aromatic N) is 2.